The van der Waals surface area contributed by atoms with E-state index in [9.17, 15) is 40.9 Å². The van der Waals surface area contributed by atoms with Gasteiger partial charge in [0, 0.05) is 24.2 Å². The fourth-order valence-electron chi connectivity index (χ4n) is 14.0. The van der Waals surface area contributed by atoms with Crippen LogP contribution in [0, 0.1) is 46.3 Å². The Balaban J connectivity index is 1.01. The molecule has 3 saturated carbocycles. The minimum Gasteiger partial charge on any atom is -0.393 e. The zero-order chi connectivity index (χ0) is 43.7. The molecular formula is C45H72O16. The van der Waals surface area contributed by atoms with Crippen molar-refractivity contribution in [2.75, 3.05) is 6.61 Å². The smallest absolute Gasteiger partial charge is 0.187 e. The van der Waals surface area contributed by atoms with Crippen LogP contribution in [0.4, 0.5) is 0 Å². The van der Waals surface area contributed by atoms with Crippen molar-refractivity contribution in [2.45, 2.75) is 216 Å². The van der Waals surface area contributed by atoms with E-state index in [1.165, 1.54) is 13.8 Å². The molecule has 0 unspecified atom stereocenters. The molecule has 5 saturated heterocycles. The Labute approximate surface area is 358 Å². The fourth-order valence-corrected chi connectivity index (χ4v) is 14.0. The van der Waals surface area contributed by atoms with E-state index in [-0.39, 0.29) is 29.8 Å². The Kier molecular flexibility index (Phi) is 12.2. The van der Waals surface area contributed by atoms with E-state index >= 15 is 0 Å². The van der Waals surface area contributed by atoms with Crippen molar-refractivity contribution in [3.8, 4) is 0 Å². The highest BCUT2D eigenvalue weighted by Crippen LogP contribution is 2.71. The van der Waals surface area contributed by atoms with E-state index in [0.717, 1.165) is 50.7 Å². The Bertz CT molecular complexity index is 1610. The molecule has 5 aliphatic heterocycles. The second-order valence-electron chi connectivity index (χ2n) is 21.1. The quantitative estimate of drug-likeness (QED) is 0.176. The predicted molar refractivity (Wildman–Crippen MR) is 213 cm³/mol. The summed E-state index contributed by atoms with van der Waals surface area (Å²) in [6, 6.07) is 0. The van der Waals surface area contributed by atoms with Gasteiger partial charge in [-0.05, 0) is 94.3 Å². The van der Waals surface area contributed by atoms with Gasteiger partial charge < -0.3 is 78.7 Å². The Morgan fingerprint density at radius 1 is 0.639 bits per heavy atom. The number of hydrogen-bond donors (Lipinski definition) is 8. The van der Waals surface area contributed by atoms with Crippen molar-refractivity contribution in [3.05, 3.63) is 11.6 Å². The summed E-state index contributed by atoms with van der Waals surface area (Å²) in [7, 11) is 0. The molecule has 0 bridgehead atoms. The first-order chi connectivity index (χ1) is 28.8. The van der Waals surface area contributed by atoms with Crippen molar-refractivity contribution in [1.29, 1.82) is 0 Å². The van der Waals surface area contributed by atoms with Crippen LogP contribution in [0.1, 0.15) is 99.8 Å². The van der Waals surface area contributed by atoms with E-state index in [2.05, 4.69) is 33.8 Å². The summed E-state index contributed by atoms with van der Waals surface area (Å²) in [6.45, 7) is 14.7. The minimum absolute atomic E-state index is 0.0674. The van der Waals surface area contributed by atoms with Gasteiger partial charge in [0.25, 0.3) is 0 Å². The van der Waals surface area contributed by atoms with Crippen molar-refractivity contribution >= 4 is 0 Å². The van der Waals surface area contributed by atoms with Crippen molar-refractivity contribution in [1.82, 2.24) is 0 Å². The third-order valence-corrected chi connectivity index (χ3v) is 17.7. The minimum atomic E-state index is -1.72. The standard InChI is InChI=1S/C45H72O16/c1-18-10-13-45(54-17-18)19(2)30-28(61-45)16-27-25-9-8-23-14-24(46)15-29(44(23,7)26(25)11-12-43(27,30)6)58-42-39(60-41-37(53)35(51)32(48)21(4)56-41)38(33(49)22(5)57-42)59-40-36(52)34(50)31(47)20(3)55-40/h8,18-22,24-42,46-53H,9-17H2,1-7H3/t18-,19+,20-,21+,22-,24-,25-,26+,27-,28+,29-,30+,31-,32+,33+,34+,35-,36-,37-,38+,39-,40+,41+,42+,43-,44-,45-/m1/s1. The first-order valence-electron chi connectivity index (χ1n) is 23.2. The highest BCUT2D eigenvalue weighted by molar-refractivity contribution is 5.29. The zero-order valence-corrected chi connectivity index (χ0v) is 36.6. The van der Waals surface area contributed by atoms with Gasteiger partial charge in [-0.25, -0.2) is 0 Å². The highest BCUT2D eigenvalue weighted by Gasteiger charge is 2.70. The Hall–Kier alpha value is -0.900. The third-order valence-electron chi connectivity index (χ3n) is 17.7. The molecule has 0 amide bonds. The average molecular weight is 869 g/mol. The monoisotopic (exact) mass is 868 g/mol. The van der Waals surface area contributed by atoms with Gasteiger partial charge in [0.05, 0.1) is 43.2 Å². The van der Waals surface area contributed by atoms with Gasteiger partial charge in [-0.2, -0.15) is 0 Å². The lowest BCUT2D eigenvalue weighted by Gasteiger charge is -2.60. The lowest BCUT2D eigenvalue weighted by molar-refractivity contribution is -0.394. The van der Waals surface area contributed by atoms with Crippen LogP contribution in [0.15, 0.2) is 11.6 Å². The molecule has 0 aromatic rings. The topological polar surface area (TPSA) is 236 Å². The van der Waals surface area contributed by atoms with Crippen LogP contribution in [0.5, 0.6) is 0 Å². The molecule has 9 rings (SSSR count). The molecular weight excluding hydrogens is 796 g/mol. The van der Waals surface area contributed by atoms with Crippen LogP contribution >= 0.6 is 0 Å². The van der Waals surface area contributed by atoms with E-state index in [4.69, 9.17) is 37.9 Å². The summed E-state index contributed by atoms with van der Waals surface area (Å²) in [5.74, 6) is 1.66. The van der Waals surface area contributed by atoms with Crippen LogP contribution in [0.25, 0.3) is 0 Å². The fraction of sp³-hybridized carbons (Fsp3) is 0.956. The van der Waals surface area contributed by atoms with Crippen LogP contribution in [-0.4, -0.2) is 164 Å². The summed E-state index contributed by atoms with van der Waals surface area (Å²) < 4.78 is 51.5. The molecule has 9 aliphatic rings. The van der Waals surface area contributed by atoms with Crippen LogP contribution < -0.4 is 0 Å². The Morgan fingerprint density at radius 2 is 1.25 bits per heavy atom. The number of hydrogen-bond acceptors (Lipinski definition) is 16. The van der Waals surface area contributed by atoms with E-state index in [1.54, 1.807) is 6.92 Å². The molecule has 348 valence electrons. The largest absolute Gasteiger partial charge is 0.393 e. The highest BCUT2D eigenvalue weighted by atomic mass is 16.8. The molecule has 27 atom stereocenters. The van der Waals surface area contributed by atoms with E-state index in [0.29, 0.717) is 30.1 Å². The van der Waals surface area contributed by atoms with Crippen LogP contribution in [-0.2, 0) is 37.9 Å². The maximum absolute atomic E-state index is 11.7. The van der Waals surface area contributed by atoms with E-state index in [1.807, 2.05) is 0 Å². The number of fused-ring (bicyclic) bond motifs is 7. The van der Waals surface area contributed by atoms with Gasteiger partial charge >= 0.3 is 0 Å². The number of ether oxygens (including phenoxy) is 8. The van der Waals surface area contributed by atoms with Gasteiger partial charge in [0.15, 0.2) is 24.7 Å². The lowest BCUT2D eigenvalue weighted by Crippen LogP contribution is -2.67. The third kappa shape index (κ3) is 7.24. The summed E-state index contributed by atoms with van der Waals surface area (Å²) in [5, 5.41) is 87.6. The molecule has 16 heteroatoms. The predicted octanol–water partition coefficient (Wildman–Crippen LogP) is 1.24. The van der Waals surface area contributed by atoms with Gasteiger partial charge in [0.2, 0.25) is 0 Å². The molecule has 16 nitrogen and oxygen atoms in total. The first-order valence-corrected chi connectivity index (χ1v) is 23.2. The SMILES string of the molecule is C[C@@H]1CC[C@@]2(OC1)O[C@H]1C[C@@H]3[C@@H]4CC=C5C[C@@H](O)C[C@@H](O[C@@H]6O[C@H](C)[C@H](O)[C@H](O[C@@H]7O[C@H](C)[C@@H](O)[C@H](O)[C@H]7O)[C@H]6O[C@@H]6O[C@@H](C)[C@H](O)[C@@H](O)[C@H]6O)[C@@]5(C)[C@H]4CC[C@@]3(C)[C@H]1[C@@H]2C. The van der Waals surface area contributed by atoms with Crippen molar-refractivity contribution in [3.63, 3.8) is 0 Å². The second-order valence-corrected chi connectivity index (χ2v) is 21.1. The van der Waals surface area contributed by atoms with Crippen molar-refractivity contribution in [2.24, 2.45) is 46.3 Å². The first kappa shape index (κ1) is 45.3. The Morgan fingerprint density at radius 3 is 1.87 bits per heavy atom. The number of rotatable bonds is 6. The van der Waals surface area contributed by atoms with E-state index < -0.39 is 116 Å². The normalized spacial score (nSPS) is 59.6. The average Bonchev–Trinajstić information content (AvgIpc) is 3.67. The second kappa shape index (κ2) is 16.5. The summed E-state index contributed by atoms with van der Waals surface area (Å²) in [5.41, 5.74) is 0.673. The van der Waals surface area contributed by atoms with Gasteiger partial charge in [-0.1, -0.05) is 39.3 Å². The molecule has 8 N–H and O–H groups in total. The maximum atomic E-state index is 11.7. The summed E-state index contributed by atoms with van der Waals surface area (Å²) >= 11 is 0. The molecule has 0 radical (unpaired) electrons. The number of allylic oxidation sites excluding steroid dienone is 1. The van der Waals surface area contributed by atoms with Gasteiger partial charge in [0.1, 0.15) is 54.9 Å². The molecule has 0 aromatic heterocycles. The van der Waals surface area contributed by atoms with Crippen molar-refractivity contribution < 1.29 is 78.7 Å². The molecule has 8 fully saturated rings. The van der Waals surface area contributed by atoms with Crippen LogP contribution in [0.3, 0.4) is 0 Å². The molecule has 0 aromatic carbocycles. The van der Waals surface area contributed by atoms with Gasteiger partial charge in [-0.3, -0.25) is 0 Å². The zero-order valence-electron chi connectivity index (χ0n) is 36.6. The lowest BCUT2D eigenvalue weighted by atomic mass is 9.46. The molecule has 61 heavy (non-hydrogen) atoms. The van der Waals surface area contributed by atoms with Crippen LogP contribution in [0.2, 0.25) is 0 Å². The summed E-state index contributed by atoms with van der Waals surface area (Å²) in [4.78, 5) is 0. The molecule has 4 aliphatic carbocycles. The molecule has 5 heterocycles. The molecule has 1 spiro atoms. The maximum Gasteiger partial charge on any atom is 0.187 e. The van der Waals surface area contributed by atoms with Gasteiger partial charge in [-0.15, -0.1) is 0 Å². The number of aliphatic hydroxyl groups excluding tert-OH is 8. The number of aliphatic hydroxyl groups is 8. The summed E-state index contributed by atoms with van der Waals surface area (Å²) in [6.07, 6.45) is -13.1.